The molecule has 0 aliphatic heterocycles. The number of ether oxygens (including phenoxy) is 1. The highest BCUT2D eigenvalue weighted by atomic mass is 79.9. The van der Waals surface area contributed by atoms with Crippen LogP contribution < -0.4 is 15.4 Å². The molecule has 0 aliphatic rings. The fourth-order valence-electron chi connectivity index (χ4n) is 2.46. The molecule has 7 heteroatoms. The summed E-state index contributed by atoms with van der Waals surface area (Å²) < 4.78 is 6.20. The van der Waals surface area contributed by atoms with Crippen molar-refractivity contribution < 1.29 is 14.3 Å². The van der Waals surface area contributed by atoms with E-state index in [1.165, 1.54) is 12.0 Å². The zero-order valence-electron chi connectivity index (χ0n) is 15.2. The third-order valence-electron chi connectivity index (χ3n) is 3.82. The number of carbonyl (C=O) groups excluding carboxylic acids is 2. The van der Waals surface area contributed by atoms with Crippen LogP contribution in [0.25, 0.3) is 0 Å². The Hall–Kier alpha value is -2.54. The molecule has 2 aromatic rings. The van der Waals surface area contributed by atoms with Gasteiger partial charge in [0.05, 0.1) is 18.8 Å². The van der Waals surface area contributed by atoms with Gasteiger partial charge in [-0.1, -0.05) is 34.1 Å². The van der Waals surface area contributed by atoms with Gasteiger partial charge in [0.2, 0.25) is 0 Å². The van der Waals surface area contributed by atoms with Crippen molar-refractivity contribution >= 4 is 33.6 Å². The van der Waals surface area contributed by atoms with Gasteiger partial charge >= 0.3 is 6.03 Å². The minimum absolute atomic E-state index is 0.155. The van der Waals surface area contributed by atoms with Crippen LogP contribution in [0.1, 0.15) is 28.9 Å². The van der Waals surface area contributed by atoms with Gasteiger partial charge in [-0.3, -0.25) is 4.79 Å². The van der Waals surface area contributed by atoms with Gasteiger partial charge in [0.15, 0.2) is 0 Å². The third kappa shape index (κ3) is 4.76. The average Bonchev–Trinajstić information content (AvgIpc) is 2.61. The van der Waals surface area contributed by atoms with Crippen molar-refractivity contribution in [3.05, 3.63) is 58.1 Å². The number of nitrogens with one attached hydrogen (secondary N) is 2. The second-order valence-electron chi connectivity index (χ2n) is 5.96. The molecular weight excluding hydrogens is 398 g/mol. The molecule has 0 radical (unpaired) electrons. The van der Waals surface area contributed by atoms with Gasteiger partial charge in [0.1, 0.15) is 5.75 Å². The van der Waals surface area contributed by atoms with E-state index in [0.29, 0.717) is 17.0 Å². The van der Waals surface area contributed by atoms with E-state index in [9.17, 15) is 9.59 Å². The molecule has 0 fully saturated rings. The van der Waals surface area contributed by atoms with E-state index in [1.54, 1.807) is 32.3 Å². The number of halogens is 1. The van der Waals surface area contributed by atoms with E-state index in [-0.39, 0.29) is 18.0 Å². The Labute approximate surface area is 161 Å². The van der Waals surface area contributed by atoms with Gasteiger partial charge in [-0.15, -0.1) is 0 Å². The molecule has 3 amide bonds. The number of amides is 3. The van der Waals surface area contributed by atoms with E-state index in [1.807, 2.05) is 31.2 Å². The second kappa shape index (κ2) is 8.71. The minimum atomic E-state index is -0.388. The fourth-order valence-corrected chi connectivity index (χ4v) is 3.08. The van der Waals surface area contributed by atoms with Crippen LogP contribution in [0, 0.1) is 0 Å². The maximum absolute atomic E-state index is 12.4. The van der Waals surface area contributed by atoms with Gasteiger partial charge < -0.3 is 20.3 Å². The summed E-state index contributed by atoms with van der Waals surface area (Å²) in [6, 6.07) is 12.0. The van der Waals surface area contributed by atoms with Gasteiger partial charge in [-0.05, 0) is 36.8 Å². The molecule has 0 bridgehead atoms. The van der Waals surface area contributed by atoms with Gasteiger partial charge in [-0.25, -0.2) is 4.79 Å². The predicted molar refractivity (Wildman–Crippen MR) is 106 cm³/mol. The number of carbonyl (C=O) groups is 2. The zero-order chi connectivity index (χ0) is 19.3. The van der Waals surface area contributed by atoms with E-state index >= 15 is 0 Å². The molecule has 0 aromatic heterocycles. The topological polar surface area (TPSA) is 70.7 Å². The highest BCUT2D eigenvalue weighted by Crippen LogP contribution is 2.27. The Kier molecular flexibility index (Phi) is 6.63. The second-order valence-corrected chi connectivity index (χ2v) is 6.81. The summed E-state index contributed by atoms with van der Waals surface area (Å²) in [6.45, 7) is 1.89. The summed E-state index contributed by atoms with van der Waals surface area (Å²) in [5.74, 6) is 0.321. The fraction of sp³-hybridized carbons (Fsp3) is 0.263. The molecule has 0 saturated heterocycles. The maximum Gasteiger partial charge on any atom is 0.319 e. The van der Waals surface area contributed by atoms with Crippen molar-refractivity contribution in [3.8, 4) is 5.75 Å². The Morgan fingerprint density at radius 3 is 2.46 bits per heavy atom. The first-order chi connectivity index (χ1) is 12.3. The number of hydrogen-bond donors (Lipinski definition) is 2. The van der Waals surface area contributed by atoms with Crippen molar-refractivity contribution in [1.29, 1.82) is 0 Å². The SMILES string of the molecule is COc1ccc(C(=O)N(C)C)cc1NC(=O)N[C@H](C)c1ccccc1Br. The molecule has 2 rings (SSSR count). The van der Waals surface area contributed by atoms with Crippen molar-refractivity contribution in [2.24, 2.45) is 0 Å². The number of methoxy groups -OCH3 is 1. The lowest BCUT2D eigenvalue weighted by Crippen LogP contribution is -2.31. The Bertz CT molecular complexity index is 808. The van der Waals surface area contributed by atoms with Crippen LogP contribution in [0.15, 0.2) is 46.9 Å². The lowest BCUT2D eigenvalue weighted by molar-refractivity contribution is 0.0827. The van der Waals surface area contributed by atoms with E-state index in [4.69, 9.17) is 4.74 Å². The minimum Gasteiger partial charge on any atom is -0.495 e. The Balaban J connectivity index is 2.16. The van der Waals surface area contributed by atoms with Gasteiger partial charge in [0, 0.05) is 24.1 Å². The summed E-state index contributed by atoms with van der Waals surface area (Å²) in [5.41, 5.74) is 1.85. The Morgan fingerprint density at radius 1 is 1.15 bits per heavy atom. The van der Waals surface area contributed by atoms with Crippen LogP contribution in [-0.4, -0.2) is 38.0 Å². The summed E-state index contributed by atoms with van der Waals surface area (Å²) in [7, 11) is 4.85. The van der Waals surface area contributed by atoms with Gasteiger partial charge in [0.25, 0.3) is 5.91 Å². The molecule has 0 saturated carbocycles. The molecule has 2 N–H and O–H groups in total. The van der Waals surface area contributed by atoms with Crippen molar-refractivity contribution in [2.75, 3.05) is 26.5 Å². The average molecular weight is 420 g/mol. The van der Waals surface area contributed by atoms with Crippen LogP contribution in [0.2, 0.25) is 0 Å². The van der Waals surface area contributed by atoms with E-state index < -0.39 is 0 Å². The molecule has 0 spiro atoms. The monoisotopic (exact) mass is 419 g/mol. The number of rotatable bonds is 5. The molecule has 6 nitrogen and oxygen atoms in total. The number of nitrogens with zero attached hydrogens (tertiary/aromatic N) is 1. The first kappa shape index (κ1) is 19.8. The number of anilines is 1. The molecular formula is C19H22BrN3O3. The third-order valence-corrected chi connectivity index (χ3v) is 4.54. The standard InChI is InChI=1S/C19H22BrN3O3/c1-12(14-7-5-6-8-15(14)20)21-19(25)22-16-11-13(18(24)23(2)3)9-10-17(16)26-4/h5-12H,1-4H3,(H2,21,22,25)/t12-/m1/s1. The number of urea groups is 1. The maximum atomic E-state index is 12.4. The first-order valence-electron chi connectivity index (χ1n) is 8.05. The normalized spacial score (nSPS) is 11.4. The van der Waals surface area contributed by atoms with Crippen LogP contribution >= 0.6 is 15.9 Å². The number of benzene rings is 2. The molecule has 1 atom stereocenters. The van der Waals surface area contributed by atoms with Crippen molar-refractivity contribution in [2.45, 2.75) is 13.0 Å². The largest absolute Gasteiger partial charge is 0.495 e. The summed E-state index contributed by atoms with van der Waals surface area (Å²) in [5, 5.41) is 5.63. The quantitative estimate of drug-likeness (QED) is 0.767. The van der Waals surface area contributed by atoms with Crippen LogP contribution in [-0.2, 0) is 0 Å². The molecule has 0 aliphatic carbocycles. The summed E-state index contributed by atoms with van der Waals surface area (Å²) >= 11 is 3.48. The molecule has 138 valence electrons. The van der Waals surface area contributed by atoms with Crippen LogP contribution in [0.4, 0.5) is 10.5 Å². The first-order valence-corrected chi connectivity index (χ1v) is 8.84. The van der Waals surface area contributed by atoms with Crippen molar-refractivity contribution in [1.82, 2.24) is 10.2 Å². The van der Waals surface area contributed by atoms with Gasteiger partial charge in [-0.2, -0.15) is 0 Å². The zero-order valence-corrected chi connectivity index (χ0v) is 16.8. The smallest absolute Gasteiger partial charge is 0.319 e. The highest BCUT2D eigenvalue weighted by molar-refractivity contribution is 9.10. The van der Waals surface area contributed by atoms with Crippen LogP contribution in [0.3, 0.4) is 0 Å². The van der Waals surface area contributed by atoms with Crippen molar-refractivity contribution in [3.63, 3.8) is 0 Å². The molecule has 0 heterocycles. The van der Waals surface area contributed by atoms with E-state index in [2.05, 4.69) is 26.6 Å². The summed E-state index contributed by atoms with van der Waals surface area (Å²) in [4.78, 5) is 26.0. The lowest BCUT2D eigenvalue weighted by atomic mass is 10.1. The van der Waals surface area contributed by atoms with Crippen LogP contribution in [0.5, 0.6) is 5.75 Å². The predicted octanol–water partition coefficient (Wildman–Crippen LogP) is 4.04. The lowest BCUT2D eigenvalue weighted by Gasteiger charge is -2.18. The Morgan fingerprint density at radius 2 is 1.85 bits per heavy atom. The van der Waals surface area contributed by atoms with E-state index in [0.717, 1.165) is 10.0 Å². The molecule has 2 aromatic carbocycles. The molecule has 26 heavy (non-hydrogen) atoms. The summed E-state index contributed by atoms with van der Waals surface area (Å²) in [6.07, 6.45) is 0. The highest BCUT2D eigenvalue weighted by Gasteiger charge is 2.16. The molecule has 0 unspecified atom stereocenters. The number of hydrogen-bond acceptors (Lipinski definition) is 3.